The molecule has 2 heterocycles. The molecule has 1 aromatic heterocycles. The number of carbonyl (C=O) groups excluding carboxylic acids is 2. The van der Waals surface area contributed by atoms with E-state index < -0.39 is 41.3 Å². The third-order valence-corrected chi connectivity index (χ3v) is 7.80. The number of hydrogen-bond acceptors (Lipinski definition) is 6. The molecule has 2 aromatic carbocycles. The summed E-state index contributed by atoms with van der Waals surface area (Å²) in [6.45, 7) is -0.0584. The summed E-state index contributed by atoms with van der Waals surface area (Å²) in [4.78, 5) is 37.6. The third-order valence-electron chi connectivity index (χ3n) is 5.62. The predicted octanol–water partition coefficient (Wildman–Crippen LogP) is 7.06. The number of anilines is 1. The van der Waals surface area contributed by atoms with Crippen LogP contribution in [0.1, 0.15) is 32.8 Å². The summed E-state index contributed by atoms with van der Waals surface area (Å²) in [5.74, 6) is -2.07. The first kappa shape index (κ1) is 30.3. The minimum absolute atomic E-state index is 0.0561. The molecule has 0 radical (unpaired) electrons. The highest BCUT2D eigenvalue weighted by atomic mass is 32.2. The summed E-state index contributed by atoms with van der Waals surface area (Å²) in [5.41, 5.74) is -2.43. The number of aliphatic carboxylic acids is 1. The van der Waals surface area contributed by atoms with Gasteiger partial charge in [-0.3, -0.25) is 19.3 Å². The van der Waals surface area contributed by atoms with E-state index in [0.29, 0.717) is 22.7 Å². The number of amides is 2. The first-order valence-electron chi connectivity index (χ1n) is 11.4. The molecule has 0 atom stereocenters. The van der Waals surface area contributed by atoms with E-state index in [0.717, 1.165) is 23.1 Å². The van der Waals surface area contributed by atoms with Crippen molar-refractivity contribution in [3.05, 3.63) is 80.4 Å². The highest BCUT2D eigenvalue weighted by molar-refractivity contribution is 8.27. The summed E-state index contributed by atoms with van der Waals surface area (Å²) < 4.78 is 79.7. The SMILES string of the molecule is O=C(O)CCNC(=O)c1ccc(N2C(=O)/C(=C/c3cc(-c4cc(C(F)(F)F)cc(C(F)(F)F)c4)cs3)SC2=S)cc1. The van der Waals surface area contributed by atoms with Crippen molar-refractivity contribution in [3.63, 3.8) is 0 Å². The summed E-state index contributed by atoms with van der Waals surface area (Å²) in [6.07, 6.45) is -8.76. The fourth-order valence-electron chi connectivity index (χ4n) is 3.67. The number of hydrogen-bond donors (Lipinski definition) is 2. The minimum Gasteiger partial charge on any atom is -0.481 e. The van der Waals surface area contributed by atoms with Gasteiger partial charge in [0.2, 0.25) is 0 Å². The Balaban J connectivity index is 1.54. The normalized spacial score (nSPS) is 15.1. The molecule has 1 fully saturated rings. The van der Waals surface area contributed by atoms with Crippen molar-refractivity contribution < 1.29 is 45.8 Å². The summed E-state index contributed by atoms with van der Waals surface area (Å²) in [7, 11) is 0. The lowest BCUT2D eigenvalue weighted by atomic mass is 10.0. The Morgan fingerprint density at radius 1 is 0.951 bits per heavy atom. The van der Waals surface area contributed by atoms with Gasteiger partial charge in [-0.1, -0.05) is 24.0 Å². The lowest BCUT2D eigenvalue weighted by molar-refractivity contribution is -0.143. The molecule has 1 saturated heterocycles. The molecular weight excluding hydrogens is 614 g/mol. The number of carboxylic acid groups (broad SMARTS) is 1. The van der Waals surface area contributed by atoms with Crippen LogP contribution in [-0.2, 0) is 21.9 Å². The molecule has 4 rings (SSSR count). The number of alkyl halides is 6. The topological polar surface area (TPSA) is 86.7 Å². The molecule has 6 nitrogen and oxygen atoms in total. The number of rotatable bonds is 7. The van der Waals surface area contributed by atoms with E-state index in [4.69, 9.17) is 17.3 Å². The standard InChI is InChI=1S/C26H16F6N2O4S3/c27-25(28,29)16-7-14(8-17(10-16)26(30,31)32)15-9-19(40-12-15)11-20-23(38)34(24(39)41-20)18-3-1-13(2-4-18)22(37)33-6-5-21(35)36/h1-4,7-12H,5-6H2,(H,33,37)(H,35,36)/b20-11-. The van der Waals surface area contributed by atoms with Crippen LogP contribution in [0.25, 0.3) is 17.2 Å². The second-order valence-corrected chi connectivity index (χ2v) is 11.1. The molecule has 0 aliphatic carbocycles. The highest BCUT2D eigenvalue weighted by Crippen LogP contribution is 2.41. The van der Waals surface area contributed by atoms with Gasteiger partial charge >= 0.3 is 18.3 Å². The van der Waals surface area contributed by atoms with Crippen LogP contribution in [0.4, 0.5) is 32.0 Å². The predicted molar refractivity (Wildman–Crippen MR) is 146 cm³/mol. The van der Waals surface area contributed by atoms with Crippen LogP contribution in [-0.4, -0.2) is 33.8 Å². The maximum absolute atomic E-state index is 13.3. The number of carboxylic acids is 1. The molecule has 1 aliphatic rings. The molecule has 15 heteroatoms. The number of halogens is 6. The van der Waals surface area contributed by atoms with Crippen molar-refractivity contribution in [3.8, 4) is 11.1 Å². The zero-order chi connectivity index (χ0) is 30.1. The summed E-state index contributed by atoms with van der Waals surface area (Å²) >= 11 is 7.30. The van der Waals surface area contributed by atoms with Crippen molar-refractivity contribution in [1.82, 2.24) is 5.32 Å². The van der Waals surface area contributed by atoms with Crippen LogP contribution in [0.3, 0.4) is 0 Å². The van der Waals surface area contributed by atoms with Gasteiger partial charge < -0.3 is 10.4 Å². The van der Waals surface area contributed by atoms with Crippen LogP contribution in [0.2, 0.25) is 0 Å². The van der Waals surface area contributed by atoms with Crippen LogP contribution in [0, 0.1) is 0 Å². The monoisotopic (exact) mass is 630 g/mol. The van der Waals surface area contributed by atoms with Crippen molar-refractivity contribution in [2.24, 2.45) is 0 Å². The first-order valence-corrected chi connectivity index (χ1v) is 13.5. The average Bonchev–Trinajstić information content (AvgIpc) is 3.46. The Hall–Kier alpha value is -3.69. The van der Waals surface area contributed by atoms with E-state index in [-0.39, 0.29) is 44.9 Å². The van der Waals surface area contributed by atoms with Gasteiger partial charge in [-0.2, -0.15) is 26.3 Å². The van der Waals surface area contributed by atoms with Gasteiger partial charge in [-0.05, 0) is 71.1 Å². The van der Waals surface area contributed by atoms with Crippen molar-refractivity contribution in [1.29, 1.82) is 0 Å². The summed E-state index contributed by atoms with van der Waals surface area (Å²) in [5, 5.41) is 12.5. The molecule has 214 valence electrons. The number of thioether (sulfide) groups is 1. The maximum atomic E-state index is 13.3. The average molecular weight is 631 g/mol. The lowest BCUT2D eigenvalue weighted by Gasteiger charge is -2.15. The van der Waals surface area contributed by atoms with Gasteiger partial charge in [0.15, 0.2) is 4.32 Å². The number of thiocarbonyl (C=S) groups is 1. The second kappa shape index (κ2) is 11.7. The smallest absolute Gasteiger partial charge is 0.416 e. The first-order chi connectivity index (χ1) is 19.1. The van der Waals surface area contributed by atoms with Crippen molar-refractivity contribution in [2.45, 2.75) is 18.8 Å². The van der Waals surface area contributed by atoms with E-state index >= 15 is 0 Å². The molecule has 2 N–H and O–H groups in total. The van der Waals surface area contributed by atoms with E-state index in [1.165, 1.54) is 46.7 Å². The Bertz CT molecular complexity index is 1530. The zero-order valence-electron chi connectivity index (χ0n) is 20.3. The van der Waals surface area contributed by atoms with Crippen LogP contribution < -0.4 is 10.2 Å². The van der Waals surface area contributed by atoms with Crippen LogP contribution in [0.5, 0.6) is 0 Å². The Labute approximate surface area is 241 Å². The molecule has 0 bridgehead atoms. The molecule has 0 unspecified atom stereocenters. The Morgan fingerprint density at radius 3 is 2.12 bits per heavy atom. The van der Waals surface area contributed by atoms with Crippen molar-refractivity contribution >= 4 is 69.2 Å². The Kier molecular flexibility index (Phi) is 8.61. The third kappa shape index (κ3) is 7.15. The highest BCUT2D eigenvalue weighted by Gasteiger charge is 2.37. The second-order valence-electron chi connectivity index (χ2n) is 8.50. The fourth-order valence-corrected chi connectivity index (χ4v) is 5.88. The largest absolute Gasteiger partial charge is 0.481 e. The van der Waals surface area contributed by atoms with E-state index in [9.17, 15) is 40.7 Å². The van der Waals surface area contributed by atoms with Crippen molar-refractivity contribution in [2.75, 3.05) is 11.4 Å². The molecule has 41 heavy (non-hydrogen) atoms. The number of nitrogens with zero attached hydrogens (tertiary/aromatic N) is 1. The number of thiophene rings is 1. The van der Waals surface area contributed by atoms with E-state index in [1.54, 1.807) is 0 Å². The summed E-state index contributed by atoms with van der Waals surface area (Å²) in [6, 6.07) is 8.54. The van der Waals surface area contributed by atoms with Gasteiger partial charge in [0.05, 0.1) is 28.1 Å². The number of carbonyl (C=O) groups is 3. The zero-order valence-corrected chi connectivity index (χ0v) is 22.7. The minimum atomic E-state index is -4.98. The van der Waals surface area contributed by atoms with Gasteiger partial charge in [0.25, 0.3) is 11.8 Å². The molecule has 1 aliphatic heterocycles. The number of benzene rings is 2. The van der Waals surface area contributed by atoms with Gasteiger partial charge in [-0.25, -0.2) is 0 Å². The molecule has 2 amide bonds. The van der Waals surface area contributed by atoms with Gasteiger partial charge in [0, 0.05) is 17.0 Å². The van der Waals surface area contributed by atoms with Crippen LogP contribution in [0.15, 0.2) is 58.8 Å². The molecular formula is C26H16F6N2O4S3. The van der Waals surface area contributed by atoms with Gasteiger partial charge in [-0.15, -0.1) is 11.3 Å². The van der Waals surface area contributed by atoms with Crippen LogP contribution >= 0.6 is 35.3 Å². The Morgan fingerprint density at radius 2 is 1.56 bits per heavy atom. The van der Waals surface area contributed by atoms with E-state index in [2.05, 4.69) is 5.32 Å². The van der Waals surface area contributed by atoms with E-state index in [1.807, 2.05) is 0 Å². The molecule has 3 aromatic rings. The molecule has 0 saturated carbocycles. The maximum Gasteiger partial charge on any atom is 0.416 e. The van der Waals surface area contributed by atoms with Gasteiger partial charge in [0.1, 0.15) is 0 Å². The fraction of sp³-hybridized carbons (Fsp3) is 0.154. The quantitative estimate of drug-likeness (QED) is 0.165. The molecule has 0 spiro atoms. The lowest BCUT2D eigenvalue weighted by Crippen LogP contribution is -2.28. The number of nitrogens with one attached hydrogen (secondary N) is 1.